The molecule has 2 rings (SSSR count). The number of nitrogens with one attached hydrogen (secondary N) is 1. The molecule has 3 N–H and O–H groups in total. The van der Waals surface area contributed by atoms with Crippen molar-refractivity contribution in [3.8, 4) is 0 Å². The molecule has 1 aromatic heterocycles. The second kappa shape index (κ2) is 5.13. The van der Waals surface area contributed by atoms with Crippen molar-refractivity contribution in [1.82, 2.24) is 14.9 Å². The zero-order chi connectivity index (χ0) is 11.4. The Balaban J connectivity index is 2.07. The van der Waals surface area contributed by atoms with Crippen LogP contribution in [0.4, 0.5) is 5.82 Å². The summed E-state index contributed by atoms with van der Waals surface area (Å²) >= 11 is 1.86. The van der Waals surface area contributed by atoms with Gasteiger partial charge in [0, 0.05) is 24.6 Å². The van der Waals surface area contributed by atoms with E-state index >= 15 is 0 Å². The van der Waals surface area contributed by atoms with Gasteiger partial charge in [0.1, 0.15) is 5.69 Å². The quantitative estimate of drug-likeness (QED) is 0.556. The molecule has 6 nitrogen and oxygen atoms in total. The number of hydrogen-bond acceptors (Lipinski definition) is 6. The number of amides is 1. The van der Waals surface area contributed by atoms with Crippen LogP contribution >= 0.6 is 11.8 Å². The number of nitrogens with two attached hydrogens (primary N) is 1. The summed E-state index contributed by atoms with van der Waals surface area (Å²) in [4.78, 5) is 21.7. The topological polar surface area (TPSA) is 84.1 Å². The average molecular weight is 239 g/mol. The van der Waals surface area contributed by atoms with Gasteiger partial charge in [0.2, 0.25) is 0 Å². The molecule has 0 radical (unpaired) electrons. The maximum Gasteiger partial charge on any atom is 0.274 e. The van der Waals surface area contributed by atoms with Gasteiger partial charge in [-0.05, 0) is 0 Å². The second-order valence-electron chi connectivity index (χ2n) is 3.34. The van der Waals surface area contributed by atoms with Gasteiger partial charge >= 0.3 is 0 Å². The molecule has 0 atom stereocenters. The van der Waals surface area contributed by atoms with E-state index < -0.39 is 0 Å². The number of nitrogen functional groups attached to an aromatic ring is 1. The lowest BCUT2D eigenvalue weighted by Gasteiger charge is -2.25. The van der Waals surface area contributed by atoms with Crippen LogP contribution in [0, 0.1) is 0 Å². The normalized spacial score (nSPS) is 15.9. The summed E-state index contributed by atoms with van der Waals surface area (Å²) in [6, 6.07) is 0. The van der Waals surface area contributed by atoms with Crippen LogP contribution in [0.25, 0.3) is 0 Å². The van der Waals surface area contributed by atoms with Crippen molar-refractivity contribution < 1.29 is 4.79 Å². The molecule has 0 aromatic carbocycles. The highest BCUT2D eigenvalue weighted by Crippen LogP contribution is 2.11. The van der Waals surface area contributed by atoms with Gasteiger partial charge in [-0.25, -0.2) is 15.8 Å². The minimum atomic E-state index is -0.0589. The molecule has 0 unspecified atom stereocenters. The van der Waals surface area contributed by atoms with Crippen LogP contribution < -0.4 is 11.3 Å². The lowest BCUT2D eigenvalue weighted by Crippen LogP contribution is -2.38. The van der Waals surface area contributed by atoms with Crippen LogP contribution in [-0.2, 0) is 0 Å². The molecule has 1 fully saturated rings. The van der Waals surface area contributed by atoms with Crippen LogP contribution in [0.1, 0.15) is 10.5 Å². The van der Waals surface area contributed by atoms with Crippen molar-refractivity contribution in [2.24, 2.45) is 5.84 Å². The van der Waals surface area contributed by atoms with Gasteiger partial charge < -0.3 is 10.3 Å². The van der Waals surface area contributed by atoms with Crippen molar-refractivity contribution in [2.45, 2.75) is 0 Å². The molecular weight excluding hydrogens is 226 g/mol. The summed E-state index contributed by atoms with van der Waals surface area (Å²) in [6.45, 7) is 1.56. The maximum absolute atomic E-state index is 12.0. The van der Waals surface area contributed by atoms with Crippen molar-refractivity contribution >= 4 is 23.5 Å². The molecule has 0 spiro atoms. The maximum atomic E-state index is 12.0. The molecule has 1 amide bonds. The number of nitrogens with zero attached hydrogens (tertiary/aromatic N) is 3. The molecule has 16 heavy (non-hydrogen) atoms. The van der Waals surface area contributed by atoms with Crippen molar-refractivity contribution in [3.63, 3.8) is 0 Å². The van der Waals surface area contributed by atoms with Gasteiger partial charge in [-0.15, -0.1) is 0 Å². The number of anilines is 1. The Bertz CT molecular complexity index is 363. The minimum absolute atomic E-state index is 0.0589. The zero-order valence-electron chi connectivity index (χ0n) is 8.72. The molecule has 1 aliphatic heterocycles. The molecule has 0 aliphatic carbocycles. The number of hydrogen-bond donors (Lipinski definition) is 2. The minimum Gasteiger partial charge on any atom is -0.336 e. The highest BCUT2D eigenvalue weighted by atomic mass is 32.2. The molecule has 0 saturated carbocycles. The average Bonchev–Trinajstić information content (AvgIpc) is 2.39. The largest absolute Gasteiger partial charge is 0.336 e. The third-order valence-electron chi connectivity index (χ3n) is 2.32. The monoisotopic (exact) mass is 239 g/mol. The number of aromatic nitrogens is 2. The Morgan fingerprint density at radius 2 is 2.12 bits per heavy atom. The Kier molecular flexibility index (Phi) is 3.58. The third kappa shape index (κ3) is 2.42. The molecule has 86 valence electrons. The highest BCUT2D eigenvalue weighted by molar-refractivity contribution is 7.99. The van der Waals surface area contributed by atoms with E-state index in [0.29, 0.717) is 11.5 Å². The summed E-state index contributed by atoms with van der Waals surface area (Å²) in [5, 5.41) is 0. The van der Waals surface area contributed by atoms with Crippen LogP contribution in [0.3, 0.4) is 0 Å². The second-order valence-corrected chi connectivity index (χ2v) is 4.56. The lowest BCUT2D eigenvalue weighted by molar-refractivity contribution is 0.0766. The molecule has 7 heteroatoms. The molecule has 0 bridgehead atoms. The Morgan fingerprint density at radius 3 is 2.69 bits per heavy atom. The summed E-state index contributed by atoms with van der Waals surface area (Å²) in [5.74, 6) is 7.53. The zero-order valence-corrected chi connectivity index (χ0v) is 9.54. The van der Waals surface area contributed by atoms with Gasteiger partial charge in [0.05, 0.1) is 12.4 Å². The molecule has 2 heterocycles. The number of carbonyl (C=O) groups is 1. The SMILES string of the molecule is NNc1cnc(C(=O)N2CCSCC2)cn1. The van der Waals surface area contributed by atoms with Crippen molar-refractivity contribution in [1.29, 1.82) is 0 Å². The predicted molar refractivity (Wildman–Crippen MR) is 63.1 cm³/mol. The Labute approximate surface area is 97.6 Å². The lowest BCUT2D eigenvalue weighted by atomic mass is 10.3. The summed E-state index contributed by atoms with van der Waals surface area (Å²) in [7, 11) is 0. The molecular formula is C9H13N5OS. The number of rotatable bonds is 2. The van der Waals surface area contributed by atoms with E-state index in [1.54, 1.807) is 4.90 Å². The number of hydrazine groups is 1. The highest BCUT2D eigenvalue weighted by Gasteiger charge is 2.19. The van der Waals surface area contributed by atoms with Crippen LogP contribution in [0.5, 0.6) is 0 Å². The van der Waals surface area contributed by atoms with E-state index in [4.69, 9.17) is 5.84 Å². The first kappa shape index (κ1) is 11.2. The van der Waals surface area contributed by atoms with Gasteiger partial charge in [-0.3, -0.25) is 4.79 Å². The first-order valence-corrected chi connectivity index (χ1v) is 6.12. The number of thioether (sulfide) groups is 1. The Hall–Kier alpha value is -1.34. The first-order chi connectivity index (χ1) is 7.81. The fourth-order valence-electron chi connectivity index (χ4n) is 1.44. The van der Waals surface area contributed by atoms with Crippen LogP contribution in [-0.4, -0.2) is 45.4 Å². The Morgan fingerprint density at radius 1 is 1.38 bits per heavy atom. The fraction of sp³-hybridized carbons (Fsp3) is 0.444. The predicted octanol–water partition coefficient (Wildman–Crippen LogP) is -0.0488. The van der Waals surface area contributed by atoms with Gasteiger partial charge in [-0.1, -0.05) is 0 Å². The van der Waals surface area contributed by atoms with Gasteiger partial charge in [0.15, 0.2) is 5.82 Å². The van der Waals surface area contributed by atoms with Gasteiger partial charge in [-0.2, -0.15) is 11.8 Å². The van der Waals surface area contributed by atoms with Crippen LogP contribution in [0.15, 0.2) is 12.4 Å². The summed E-state index contributed by atoms with van der Waals surface area (Å²) < 4.78 is 0. The van der Waals surface area contributed by atoms with E-state index in [1.165, 1.54) is 12.4 Å². The first-order valence-electron chi connectivity index (χ1n) is 4.97. The van der Waals surface area contributed by atoms with Gasteiger partial charge in [0.25, 0.3) is 5.91 Å². The third-order valence-corrected chi connectivity index (χ3v) is 3.26. The molecule has 1 saturated heterocycles. The van der Waals surface area contributed by atoms with E-state index in [2.05, 4.69) is 15.4 Å². The van der Waals surface area contributed by atoms with Crippen molar-refractivity contribution in [2.75, 3.05) is 30.0 Å². The van der Waals surface area contributed by atoms with E-state index in [9.17, 15) is 4.79 Å². The smallest absolute Gasteiger partial charge is 0.274 e. The molecule has 1 aliphatic rings. The summed E-state index contributed by atoms with van der Waals surface area (Å²) in [6.07, 6.45) is 2.89. The number of carbonyl (C=O) groups excluding carboxylic acids is 1. The van der Waals surface area contributed by atoms with E-state index in [0.717, 1.165) is 24.6 Å². The molecule has 1 aromatic rings. The van der Waals surface area contributed by atoms with E-state index in [1.807, 2.05) is 11.8 Å². The summed E-state index contributed by atoms with van der Waals surface area (Å²) in [5.41, 5.74) is 2.74. The van der Waals surface area contributed by atoms with E-state index in [-0.39, 0.29) is 5.91 Å². The fourth-order valence-corrected chi connectivity index (χ4v) is 2.34. The standard InChI is InChI=1S/C9H13N5OS/c10-13-8-6-11-7(5-12-8)9(15)14-1-3-16-4-2-14/h5-6H,1-4,10H2,(H,12,13). The van der Waals surface area contributed by atoms with Crippen molar-refractivity contribution in [3.05, 3.63) is 18.1 Å². The van der Waals surface area contributed by atoms with Crippen LogP contribution in [0.2, 0.25) is 0 Å².